The molecule has 15 heavy (non-hydrogen) atoms. The van der Waals surface area contributed by atoms with E-state index in [2.05, 4.69) is 0 Å². The van der Waals surface area contributed by atoms with E-state index in [4.69, 9.17) is 22.1 Å². The van der Waals surface area contributed by atoms with E-state index >= 15 is 0 Å². The average Bonchev–Trinajstić information content (AvgIpc) is 2.21. The molecule has 0 spiro atoms. The lowest BCUT2D eigenvalue weighted by Crippen LogP contribution is -2.03. The van der Waals surface area contributed by atoms with Crippen molar-refractivity contribution in [3.05, 3.63) is 34.1 Å². The third-order valence-electron chi connectivity index (χ3n) is 2.12. The topological polar surface area (TPSA) is 35.2 Å². The van der Waals surface area contributed by atoms with Crippen molar-refractivity contribution in [2.45, 2.75) is 19.4 Å². The van der Waals surface area contributed by atoms with Crippen molar-refractivity contribution in [3.63, 3.8) is 0 Å². The molecule has 0 aliphatic heterocycles. The number of hydrogen-bond donors (Lipinski definition) is 1. The maximum Gasteiger partial charge on any atom is 0.144 e. The van der Waals surface area contributed by atoms with Crippen LogP contribution in [0.5, 0.6) is 0 Å². The van der Waals surface area contributed by atoms with Crippen molar-refractivity contribution < 1.29 is 9.13 Å². The Labute approximate surface area is 94.2 Å². The van der Waals surface area contributed by atoms with Crippen LogP contribution in [0.4, 0.5) is 4.39 Å². The molecule has 0 bridgehead atoms. The van der Waals surface area contributed by atoms with Crippen LogP contribution in [0.1, 0.15) is 17.5 Å². The SMILES string of the molecule is COCc1cc(Cl)c(F)c(CCCN)c1. The zero-order valence-electron chi connectivity index (χ0n) is 8.72. The minimum Gasteiger partial charge on any atom is -0.380 e. The van der Waals surface area contributed by atoms with Gasteiger partial charge in [0.15, 0.2) is 0 Å². The second-order valence-electron chi connectivity index (χ2n) is 3.38. The summed E-state index contributed by atoms with van der Waals surface area (Å²) in [6.07, 6.45) is 1.36. The fraction of sp³-hybridized carbons (Fsp3) is 0.455. The second-order valence-corrected chi connectivity index (χ2v) is 3.78. The van der Waals surface area contributed by atoms with Crippen LogP contribution in [-0.2, 0) is 17.8 Å². The van der Waals surface area contributed by atoms with Crippen molar-refractivity contribution in [1.29, 1.82) is 0 Å². The quantitative estimate of drug-likeness (QED) is 0.845. The monoisotopic (exact) mass is 231 g/mol. The molecule has 0 fully saturated rings. The molecule has 0 saturated heterocycles. The van der Waals surface area contributed by atoms with Crippen LogP contribution in [0.2, 0.25) is 5.02 Å². The first-order chi connectivity index (χ1) is 7.19. The smallest absolute Gasteiger partial charge is 0.144 e. The molecule has 0 heterocycles. The fourth-order valence-electron chi connectivity index (χ4n) is 1.43. The number of hydrogen-bond acceptors (Lipinski definition) is 2. The van der Waals surface area contributed by atoms with Crippen molar-refractivity contribution >= 4 is 11.6 Å². The lowest BCUT2D eigenvalue weighted by atomic mass is 10.1. The number of rotatable bonds is 5. The summed E-state index contributed by atoms with van der Waals surface area (Å²) < 4.78 is 18.5. The fourth-order valence-corrected chi connectivity index (χ4v) is 1.69. The highest BCUT2D eigenvalue weighted by molar-refractivity contribution is 6.30. The summed E-state index contributed by atoms with van der Waals surface area (Å²) in [5.41, 5.74) is 6.88. The standard InChI is InChI=1S/C11H15ClFNO/c1-15-7-8-5-9(3-2-4-14)11(13)10(12)6-8/h5-6H,2-4,7,14H2,1H3. The lowest BCUT2D eigenvalue weighted by Gasteiger charge is -2.07. The van der Waals surface area contributed by atoms with Gasteiger partial charge in [0.1, 0.15) is 5.82 Å². The maximum atomic E-state index is 13.5. The molecular formula is C11H15ClFNO. The molecule has 4 heteroatoms. The van der Waals surface area contributed by atoms with E-state index in [-0.39, 0.29) is 10.8 Å². The number of ether oxygens (including phenoxy) is 1. The molecule has 1 rings (SSSR count). The molecule has 0 aromatic heterocycles. The Morgan fingerprint density at radius 3 is 2.80 bits per heavy atom. The normalized spacial score (nSPS) is 10.7. The van der Waals surface area contributed by atoms with Gasteiger partial charge in [-0.15, -0.1) is 0 Å². The molecule has 0 atom stereocenters. The van der Waals surface area contributed by atoms with Gasteiger partial charge in [0.05, 0.1) is 11.6 Å². The lowest BCUT2D eigenvalue weighted by molar-refractivity contribution is 0.184. The molecule has 1 aromatic carbocycles. The first-order valence-corrected chi connectivity index (χ1v) is 5.22. The largest absolute Gasteiger partial charge is 0.380 e. The number of nitrogens with two attached hydrogens (primary N) is 1. The molecule has 1 aromatic rings. The summed E-state index contributed by atoms with van der Waals surface area (Å²) in [5, 5.41) is 0.150. The van der Waals surface area contributed by atoms with Gasteiger partial charge in [0.25, 0.3) is 0 Å². The highest BCUT2D eigenvalue weighted by Gasteiger charge is 2.08. The van der Waals surface area contributed by atoms with E-state index in [9.17, 15) is 4.39 Å². The number of aryl methyl sites for hydroxylation is 1. The van der Waals surface area contributed by atoms with E-state index < -0.39 is 0 Å². The minimum absolute atomic E-state index is 0.150. The minimum atomic E-state index is -0.343. The molecule has 0 aliphatic rings. The Morgan fingerprint density at radius 2 is 2.20 bits per heavy atom. The third-order valence-corrected chi connectivity index (χ3v) is 2.40. The zero-order chi connectivity index (χ0) is 11.3. The summed E-state index contributed by atoms with van der Waals surface area (Å²) in [7, 11) is 1.59. The molecule has 0 unspecified atom stereocenters. The third kappa shape index (κ3) is 3.45. The Balaban J connectivity index is 2.91. The molecule has 84 valence electrons. The van der Waals surface area contributed by atoms with Crippen LogP contribution >= 0.6 is 11.6 Å². The Kier molecular flexibility index (Phi) is 5.02. The molecule has 0 radical (unpaired) electrons. The van der Waals surface area contributed by atoms with Crippen LogP contribution in [0, 0.1) is 5.82 Å². The van der Waals surface area contributed by atoms with E-state index in [0.717, 1.165) is 12.0 Å². The van der Waals surface area contributed by atoms with Crippen LogP contribution in [0.25, 0.3) is 0 Å². The number of halogens is 2. The Hall–Kier alpha value is -0.640. The summed E-state index contributed by atoms with van der Waals surface area (Å²) in [5.74, 6) is -0.343. The van der Waals surface area contributed by atoms with Gasteiger partial charge in [0.2, 0.25) is 0 Å². The summed E-state index contributed by atoms with van der Waals surface area (Å²) in [6.45, 7) is 0.987. The van der Waals surface area contributed by atoms with Gasteiger partial charge in [-0.1, -0.05) is 17.7 Å². The molecule has 0 aliphatic carbocycles. The zero-order valence-corrected chi connectivity index (χ0v) is 9.48. The molecule has 0 saturated carbocycles. The van der Waals surface area contributed by atoms with Crippen LogP contribution in [0.15, 0.2) is 12.1 Å². The van der Waals surface area contributed by atoms with E-state index in [0.29, 0.717) is 25.1 Å². The number of benzene rings is 1. The highest BCUT2D eigenvalue weighted by Crippen LogP contribution is 2.22. The predicted molar refractivity (Wildman–Crippen MR) is 59.5 cm³/mol. The second kappa shape index (κ2) is 6.05. The Morgan fingerprint density at radius 1 is 1.47 bits per heavy atom. The van der Waals surface area contributed by atoms with Gasteiger partial charge in [0, 0.05) is 7.11 Å². The van der Waals surface area contributed by atoms with Crippen LogP contribution < -0.4 is 5.73 Å². The van der Waals surface area contributed by atoms with Gasteiger partial charge < -0.3 is 10.5 Å². The van der Waals surface area contributed by atoms with Crippen molar-refractivity contribution in [3.8, 4) is 0 Å². The van der Waals surface area contributed by atoms with Crippen molar-refractivity contribution in [2.75, 3.05) is 13.7 Å². The first-order valence-electron chi connectivity index (χ1n) is 4.84. The van der Waals surface area contributed by atoms with Gasteiger partial charge in [-0.3, -0.25) is 0 Å². The van der Waals surface area contributed by atoms with Gasteiger partial charge in [-0.25, -0.2) is 4.39 Å². The Bertz CT molecular complexity index is 331. The summed E-state index contributed by atoms with van der Waals surface area (Å²) in [6, 6.07) is 3.37. The highest BCUT2D eigenvalue weighted by atomic mass is 35.5. The van der Waals surface area contributed by atoms with Crippen LogP contribution in [-0.4, -0.2) is 13.7 Å². The molecule has 0 amide bonds. The van der Waals surface area contributed by atoms with Crippen molar-refractivity contribution in [1.82, 2.24) is 0 Å². The average molecular weight is 232 g/mol. The number of methoxy groups -OCH3 is 1. The van der Waals surface area contributed by atoms with E-state index in [1.807, 2.05) is 0 Å². The van der Waals surface area contributed by atoms with Gasteiger partial charge in [-0.05, 0) is 36.6 Å². The first kappa shape index (κ1) is 12.4. The predicted octanol–water partition coefficient (Wildman–Crippen LogP) is 2.52. The van der Waals surface area contributed by atoms with E-state index in [1.165, 1.54) is 0 Å². The summed E-state index contributed by atoms with van der Waals surface area (Å²) >= 11 is 5.77. The van der Waals surface area contributed by atoms with Crippen LogP contribution in [0.3, 0.4) is 0 Å². The van der Waals surface area contributed by atoms with E-state index in [1.54, 1.807) is 19.2 Å². The van der Waals surface area contributed by atoms with Gasteiger partial charge >= 0.3 is 0 Å². The molecule has 2 N–H and O–H groups in total. The molecular weight excluding hydrogens is 217 g/mol. The maximum absolute atomic E-state index is 13.5. The molecule has 2 nitrogen and oxygen atoms in total. The van der Waals surface area contributed by atoms with Gasteiger partial charge in [-0.2, -0.15) is 0 Å². The summed E-state index contributed by atoms with van der Waals surface area (Å²) in [4.78, 5) is 0. The van der Waals surface area contributed by atoms with Crippen molar-refractivity contribution in [2.24, 2.45) is 5.73 Å².